The summed E-state index contributed by atoms with van der Waals surface area (Å²) in [4.78, 5) is 13.6. The summed E-state index contributed by atoms with van der Waals surface area (Å²) in [5.74, 6) is -0.216. The highest BCUT2D eigenvalue weighted by Crippen LogP contribution is 2.23. The average molecular weight is 282 g/mol. The zero-order valence-corrected chi connectivity index (χ0v) is 12.4. The van der Waals surface area contributed by atoms with Gasteiger partial charge in [0.2, 0.25) is 5.91 Å². The van der Waals surface area contributed by atoms with Crippen molar-refractivity contribution in [2.45, 2.75) is 20.8 Å². The lowest BCUT2D eigenvalue weighted by molar-refractivity contribution is -0.129. The van der Waals surface area contributed by atoms with Crippen LogP contribution in [0, 0.1) is 0 Å². The van der Waals surface area contributed by atoms with E-state index in [4.69, 9.17) is 16.3 Å². The van der Waals surface area contributed by atoms with Gasteiger partial charge in [0.05, 0.1) is 5.70 Å². The Morgan fingerprint density at radius 1 is 1.26 bits per heavy atom. The molecule has 104 valence electrons. The SMILES string of the molecule is CCOCN(C(=O)CCl)C(=C(C)C)c1ccccc1. The Bertz CT molecular complexity index is 439. The van der Waals surface area contributed by atoms with Gasteiger partial charge in [-0.1, -0.05) is 35.9 Å². The van der Waals surface area contributed by atoms with E-state index in [0.717, 1.165) is 16.8 Å². The number of hydrogen-bond donors (Lipinski definition) is 0. The minimum absolute atomic E-state index is 0.0588. The van der Waals surface area contributed by atoms with Crippen LogP contribution in [-0.4, -0.2) is 30.0 Å². The van der Waals surface area contributed by atoms with E-state index in [1.54, 1.807) is 4.90 Å². The summed E-state index contributed by atoms with van der Waals surface area (Å²) < 4.78 is 5.38. The van der Waals surface area contributed by atoms with Crippen LogP contribution in [0.5, 0.6) is 0 Å². The van der Waals surface area contributed by atoms with Gasteiger partial charge in [-0.05, 0) is 26.3 Å². The molecule has 1 aromatic carbocycles. The maximum absolute atomic E-state index is 12.0. The second-order valence-corrected chi connectivity index (χ2v) is 4.56. The fourth-order valence-corrected chi connectivity index (χ4v) is 1.97. The molecule has 0 heterocycles. The third kappa shape index (κ3) is 4.37. The number of ether oxygens (including phenoxy) is 1. The van der Waals surface area contributed by atoms with Crippen molar-refractivity contribution >= 4 is 23.2 Å². The van der Waals surface area contributed by atoms with Crippen LogP contribution in [0.25, 0.3) is 5.70 Å². The Kier molecular flexibility index (Phi) is 6.60. The number of halogens is 1. The molecule has 0 radical (unpaired) electrons. The molecule has 3 nitrogen and oxygen atoms in total. The van der Waals surface area contributed by atoms with Crippen LogP contribution in [0.3, 0.4) is 0 Å². The van der Waals surface area contributed by atoms with E-state index >= 15 is 0 Å². The van der Waals surface area contributed by atoms with Gasteiger partial charge in [-0.15, -0.1) is 11.6 Å². The van der Waals surface area contributed by atoms with Crippen molar-refractivity contribution in [3.8, 4) is 0 Å². The molecule has 1 aromatic rings. The minimum atomic E-state index is -0.157. The molecule has 0 unspecified atom stereocenters. The van der Waals surface area contributed by atoms with Crippen molar-refractivity contribution in [2.75, 3.05) is 19.2 Å². The van der Waals surface area contributed by atoms with Crippen molar-refractivity contribution < 1.29 is 9.53 Å². The molecule has 0 aliphatic carbocycles. The lowest BCUT2D eigenvalue weighted by Gasteiger charge is -2.26. The molecule has 0 N–H and O–H groups in total. The molecule has 1 rings (SSSR count). The van der Waals surface area contributed by atoms with E-state index in [0.29, 0.717) is 6.61 Å². The summed E-state index contributed by atoms with van der Waals surface area (Å²) in [6.45, 7) is 6.62. The smallest absolute Gasteiger partial charge is 0.243 e. The van der Waals surface area contributed by atoms with E-state index in [-0.39, 0.29) is 18.5 Å². The Morgan fingerprint density at radius 3 is 2.37 bits per heavy atom. The van der Waals surface area contributed by atoms with Gasteiger partial charge in [-0.2, -0.15) is 0 Å². The van der Waals surface area contributed by atoms with Crippen LogP contribution in [0.2, 0.25) is 0 Å². The first-order chi connectivity index (χ1) is 9.11. The number of hydrogen-bond acceptors (Lipinski definition) is 2. The van der Waals surface area contributed by atoms with Gasteiger partial charge in [-0.25, -0.2) is 0 Å². The van der Waals surface area contributed by atoms with Gasteiger partial charge in [0.15, 0.2) is 0 Å². The predicted octanol–water partition coefficient (Wildman–Crippen LogP) is 3.50. The van der Waals surface area contributed by atoms with Crippen molar-refractivity contribution in [3.63, 3.8) is 0 Å². The molecule has 0 atom stereocenters. The van der Waals surface area contributed by atoms with Crippen LogP contribution in [-0.2, 0) is 9.53 Å². The largest absolute Gasteiger partial charge is 0.361 e. The van der Waals surface area contributed by atoms with E-state index in [9.17, 15) is 4.79 Å². The van der Waals surface area contributed by atoms with Gasteiger partial charge in [0.25, 0.3) is 0 Å². The molecular weight excluding hydrogens is 262 g/mol. The van der Waals surface area contributed by atoms with Gasteiger partial charge in [0.1, 0.15) is 12.6 Å². The quantitative estimate of drug-likeness (QED) is 0.590. The summed E-state index contributed by atoms with van der Waals surface area (Å²) in [5, 5.41) is 0. The number of nitrogens with zero attached hydrogens (tertiary/aromatic N) is 1. The van der Waals surface area contributed by atoms with Crippen LogP contribution in [0.15, 0.2) is 35.9 Å². The first kappa shape index (κ1) is 15.7. The van der Waals surface area contributed by atoms with Crippen LogP contribution in [0.1, 0.15) is 26.3 Å². The molecule has 4 heteroatoms. The molecule has 0 aliphatic heterocycles. The van der Waals surface area contributed by atoms with Crippen molar-refractivity contribution in [3.05, 3.63) is 41.5 Å². The summed E-state index contributed by atoms with van der Waals surface area (Å²) in [6.07, 6.45) is 0. The molecule has 1 amide bonds. The standard InChI is InChI=1S/C15H20ClNO2/c1-4-19-11-17(14(18)10-16)15(12(2)3)13-8-6-5-7-9-13/h5-9H,4,10-11H2,1-3H3. The molecule has 0 aromatic heterocycles. The average Bonchev–Trinajstić information content (AvgIpc) is 2.43. The summed E-state index contributed by atoms with van der Waals surface area (Å²) in [7, 11) is 0. The zero-order valence-electron chi connectivity index (χ0n) is 11.6. The second-order valence-electron chi connectivity index (χ2n) is 4.29. The molecule has 0 aliphatic rings. The van der Waals surface area contributed by atoms with E-state index in [1.807, 2.05) is 51.1 Å². The second kappa shape index (κ2) is 7.97. The third-order valence-electron chi connectivity index (χ3n) is 2.63. The fraction of sp³-hybridized carbons (Fsp3) is 0.400. The van der Waals surface area contributed by atoms with E-state index in [1.165, 1.54) is 0 Å². The first-order valence-electron chi connectivity index (χ1n) is 6.28. The summed E-state index contributed by atoms with van der Waals surface area (Å²) in [5.41, 5.74) is 2.89. The minimum Gasteiger partial charge on any atom is -0.361 e. The number of rotatable bonds is 6. The maximum atomic E-state index is 12.0. The fourth-order valence-electron chi connectivity index (χ4n) is 1.83. The zero-order chi connectivity index (χ0) is 14.3. The molecular formula is C15H20ClNO2. The molecule has 0 saturated heterocycles. The number of amides is 1. The molecule has 19 heavy (non-hydrogen) atoms. The first-order valence-corrected chi connectivity index (χ1v) is 6.82. The van der Waals surface area contributed by atoms with E-state index < -0.39 is 0 Å². The number of benzene rings is 1. The normalized spacial score (nSPS) is 10.1. The topological polar surface area (TPSA) is 29.5 Å². The van der Waals surface area contributed by atoms with Crippen LogP contribution >= 0.6 is 11.6 Å². The van der Waals surface area contributed by atoms with Crippen molar-refractivity contribution in [1.82, 2.24) is 4.90 Å². The van der Waals surface area contributed by atoms with Gasteiger partial charge < -0.3 is 4.74 Å². The van der Waals surface area contributed by atoms with E-state index in [2.05, 4.69) is 0 Å². The third-order valence-corrected chi connectivity index (χ3v) is 2.86. The maximum Gasteiger partial charge on any atom is 0.243 e. The Morgan fingerprint density at radius 2 is 1.89 bits per heavy atom. The summed E-state index contributed by atoms with van der Waals surface area (Å²) in [6, 6.07) is 9.79. The van der Waals surface area contributed by atoms with Gasteiger partial charge >= 0.3 is 0 Å². The lowest BCUT2D eigenvalue weighted by atomic mass is 10.1. The monoisotopic (exact) mass is 281 g/mol. The number of alkyl halides is 1. The highest BCUT2D eigenvalue weighted by Gasteiger charge is 2.19. The lowest BCUT2D eigenvalue weighted by Crippen LogP contribution is -2.33. The highest BCUT2D eigenvalue weighted by atomic mass is 35.5. The molecule has 0 saturated carbocycles. The Labute approximate surface area is 119 Å². The van der Waals surface area contributed by atoms with Gasteiger partial charge in [-0.3, -0.25) is 9.69 Å². The van der Waals surface area contributed by atoms with Crippen molar-refractivity contribution in [1.29, 1.82) is 0 Å². The molecule has 0 bridgehead atoms. The molecule has 0 spiro atoms. The van der Waals surface area contributed by atoms with Crippen molar-refractivity contribution in [2.24, 2.45) is 0 Å². The highest BCUT2D eigenvalue weighted by molar-refractivity contribution is 6.27. The van der Waals surface area contributed by atoms with Crippen LogP contribution < -0.4 is 0 Å². The van der Waals surface area contributed by atoms with Gasteiger partial charge in [0, 0.05) is 6.61 Å². The number of carbonyl (C=O) groups is 1. The Balaban J connectivity index is 3.14. The number of allylic oxidation sites excluding steroid dienone is 1. The number of carbonyl (C=O) groups excluding carboxylic acids is 1. The van der Waals surface area contributed by atoms with Crippen LogP contribution in [0.4, 0.5) is 0 Å². The summed E-state index contributed by atoms with van der Waals surface area (Å²) >= 11 is 5.69. The predicted molar refractivity (Wildman–Crippen MR) is 78.8 cm³/mol. The Hall–Kier alpha value is -1.32. The molecule has 0 fully saturated rings.